The minimum atomic E-state index is -0.765. The Morgan fingerprint density at radius 2 is 1.95 bits per heavy atom. The highest BCUT2D eigenvalue weighted by atomic mass is 16.4. The van der Waals surface area contributed by atoms with Crippen molar-refractivity contribution in [3.05, 3.63) is 0 Å². The van der Waals surface area contributed by atoms with Crippen LogP contribution in [0, 0.1) is 11.3 Å². The van der Waals surface area contributed by atoms with E-state index in [1.807, 2.05) is 13.8 Å². The van der Waals surface area contributed by atoms with Gasteiger partial charge in [0.1, 0.15) is 0 Å². The molecular formula is C15H28N2O3. The lowest BCUT2D eigenvalue weighted by Gasteiger charge is -2.24. The second kappa shape index (κ2) is 7.50. The molecule has 2 atom stereocenters. The van der Waals surface area contributed by atoms with E-state index < -0.39 is 5.97 Å². The van der Waals surface area contributed by atoms with Crippen LogP contribution in [0.2, 0.25) is 0 Å². The Balaban J connectivity index is 2.19. The van der Waals surface area contributed by atoms with Crippen LogP contribution in [0.5, 0.6) is 0 Å². The standard InChI is InChI=1S/C15H28N2O3/c1-11-5-4-6-12(11)17-14(20)16-10-9-15(2,3)8-7-13(18)19/h11-12H,4-10H2,1-3H3,(H,18,19)(H2,16,17,20). The fourth-order valence-electron chi connectivity index (χ4n) is 2.66. The second-order valence-corrected chi connectivity index (χ2v) is 6.72. The van der Waals surface area contributed by atoms with E-state index in [1.54, 1.807) is 0 Å². The SMILES string of the molecule is CC1CCCC1NC(=O)NCCC(C)(C)CCC(=O)O. The number of carbonyl (C=O) groups is 2. The van der Waals surface area contributed by atoms with Crippen molar-refractivity contribution in [3.8, 4) is 0 Å². The molecule has 0 aromatic carbocycles. The number of hydrogen-bond donors (Lipinski definition) is 3. The Bertz CT molecular complexity index is 342. The molecule has 1 saturated carbocycles. The van der Waals surface area contributed by atoms with Gasteiger partial charge in [0, 0.05) is 19.0 Å². The molecule has 20 heavy (non-hydrogen) atoms. The van der Waals surface area contributed by atoms with E-state index in [4.69, 9.17) is 5.11 Å². The minimum Gasteiger partial charge on any atom is -0.481 e. The van der Waals surface area contributed by atoms with Crippen molar-refractivity contribution in [2.24, 2.45) is 11.3 Å². The van der Waals surface area contributed by atoms with Crippen LogP contribution in [0.3, 0.4) is 0 Å². The quantitative estimate of drug-likeness (QED) is 0.672. The van der Waals surface area contributed by atoms with Gasteiger partial charge in [0.25, 0.3) is 0 Å². The zero-order valence-corrected chi connectivity index (χ0v) is 12.9. The van der Waals surface area contributed by atoms with Crippen LogP contribution >= 0.6 is 0 Å². The Morgan fingerprint density at radius 3 is 2.50 bits per heavy atom. The summed E-state index contributed by atoms with van der Waals surface area (Å²) in [6.07, 6.45) is 5.04. The number of carbonyl (C=O) groups excluding carboxylic acids is 1. The van der Waals surface area contributed by atoms with Crippen molar-refractivity contribution < 1.29 is 14.7 Å². The number of amides is 2. The lowest BCUT2D eigenvalue weighted by Crippen LogP contribution is -2.44. The van der Waals surface area contributed by atoms with Gasteiger partial charge in [-0.05, 0) is 37.0 Å². The van der Waals surface area contributed by atoms with Crippen molar-refractivity contribution in [3.63, 3.8) is 0 Å². The summed E-state index contributed by atoms with van der Waals surface area (Å²) in [5.41, 5.74) is -0.0632. The minimum absolute atomic E-state index is 0.0632. The summed E-state index contributed by atoms with van der Waals surface area (Å²) < 4.78 is 0. The molecule has 0 aromatic heterocycles. The molecule has 116 valence electrons. The summed E-state index contributed by atoms with van der Waals surface area (Å²) >= 11 is 0. The molecule has 1 fully saturated rings. The summed E-state index contributed by atoms with van der Waals surface area (Å²) in [7, 11) is 0. The van der Waals surface area contributed by atoms with Crippen LogP contribution < -0.4 is 10.6 Å². The number of carboxylic acids is 1. The van der Waals surface area contributed by atoms with Crippen LogP contribution in [0.15, 0.2) is 0 Å². The highest BCUT2D eigenvalue weighted by Crippen LogP contribution is 2.26. The van der Waals surface area contributed by atoms with Gasteiger partial charge >= 0.3 is 12.0 Å². The maximum Gasteiger partial charge on any atom is 0.315 e. The van der Waals surface area contributed by atoms with Gasteiger partial charge in [-0.15, -0.1) is 0 Å². The molecule has 0 spiro atoms. The molecule has 3 N–H and O–H groups in total. The molecule has 2 unspecified atom stereocenters. The normalized spacial score (nSPS) is 22.6. The summed E-state index contributed by atoms with van der Waals surface area (Å²) in [6, 6.07) is 0.202. The molecule has 0 aliphatic heterocycles. The van der Waals surface area contributed by atoms with E-state index >= 15 is 0 Å². The largest absolute Gasteiger partial charge is 0.481 e. The molecule has 0 saturated heterocycles. The molecule has 5 nitrogen and oxygen atoms in total. The monoisotopic (exact) mass is 284 g/mol. The molecule has 1 rings (SSSR count). The van der Waals surface area contributed by atoms with E-state index in [9.17, 15) is 9.59 Å². The topological polar surface area (TPSA) is 78.4 Å². The van der Waals surface area contributed by atoms with Gasteiger partial charge in [0.05, 0.1) is 0 Å². The zero-order chi connectivity index (χ0) is 15.2. The summed E-state index contributed by atoms with van der Waals surface area (Å²) in [5, 5.41) is 14.6. The van der Waals surface area contributed by atoms with Gasteiger partial charge in [0.15, 0.2) is 0 Å². The predicted octanol–water partition coefficient (Wildman–Crippen LogP) is 2.76. The van der Waals surface area contributed by atoms with Crippen LogP contribution in [0.25, 0.3) is 0 Å². The first-order valence-electron chi connectivity index (χ1n) is 7.56. The molecule has 2 amide bonds. The van der Waals surface area contributed by atoms with E-state index in [0.717, 1.165) is 12.8 Å². The number of nitrogens with one attached hydrogen (secondary N) is 2. The Hall–Kier alpha value is -1.26. The Morgan fingerprint density at radius 1 is 1.25 bits per heavy atom. The van der Waals surface area contributed by atoms with Crippen molar-refractivity contribution in [2.75, 3.05) is 6.54 Å². The molecule has 0 bridgehead atoms. The van der Waals surface area contributed by atoms with Gasteiger partial charge in [-0.2, -0.15) is 0 Å². The lowest BCUT2D eigenvalue weighted by molar-refractivity contribution is -0.137. The van der Waals surface area contributed by atoms with Crippen molar-refractivity contribution in [2.45, 2.75) is 65.3 Å². The number of urea groups is 1. The third-order valence-electron chi connectivity index (χ3n) is 4.28. The second-order valence-electron chi connectivity index (χ2n) is 6.72. The van der Waals surface area contributed by atoms with Gasteiger partial charge < -0.3 is 15.7 Å². The summed E-state index contributed by atoms with van der Waals surface area (Å²) in [6.45, 7) is 6.83. The summed E-state index contributed by atoms with van der Waals surface area (Å²) in [4.78, 5) is 22.4. The molecule has 0 aromatic rings. The number of carboxylic acid groups (broad SMARTS) is 1. The maximum absolute atomic E-state index is 11.8. The van der Waals surface area contributed by atoms with Gasteiger partial charge in [-0.25, -0.2) is 4.79 Å². The summed E-state index contributed by atoms with van der Waals surface area (Å²) in [5.74, 6) is -0.202. The van der Waals surface area contributed by atoms with Crippen LogP contribution in [-0.2, 0) is 4.79 Å². The Labute approximate surface area is 121 Å². The first-order valence-corrected chi connectivity index (χ1v) is 7.56. The highest BCUT2D eigenvalue weighted by molar-refractivity contribution is 5.74. The fourth-order valence-corrected chi connectivity index (χ4v) is 2.66. The van der Waals surface area contributed by atoms with E-state index in [1.165, 1.54) is 12.8 Å². The zero-order valence-electron chi connectivity index (χ0n) is 12.9. The van der Waals surface area contributed by atoms with Crippen LogP contribution in [-0.4, -0.2) is 29.7 Å². The molecule has 5 heteroatoms. The third-order valence-corrected chi connectivity index (χ3v) is 4.28. The molecule has 1 aliphatic carbocycles. The average Bonchev–Trinajstić information content (AvgIpc) is 2.72. The molecule has 1 aliphatic rings. The first kappa shape index (κ1) is 16.8. The number of aliphatic carboxylic acids is 1. The molecular weight excluding hydrogens is 256 g/mol. The van der Waals surface area contributed by atoms with Crippen molar-refractivity contribution in [1.82, 2.24) is 10.6 Å². The van der Waals surface area contributed by atoms with E-state index in [-0.39, 0.29) is 17.9 Å². The lowest BCUT2D eigenvalue weighted by atomic mass is 9.84. The van der Waals surface area contributed by atoms with Crippen molar-refractivity contribution >= 4 is 12.0 Å². The third kappa shape index (κ3) is 6.26. The maximum atomic E-state index is 11.8. The highest BCUT2D eigenvalue weighted by Gasteiger charge is 2.25. The number of rotatable bonds is 7. The predicted molar refractivity (Wildman–Crippen MR) is 78.6 cm³/mol. The van der Waals surface area contributed by atoms with Gasteiger partial charge in [0.2, 0.25) is 0 Å². The van der Waals surface area contributed by atoms with Crippen molar-refractivity contribution in [1.29, 1.82) is 0 Å². The van der Waals surface area contributed by atoms with Gasteiger partial charge in [-0.1, -0.05) is 27.2 Å². The van der Waals surface area contributed by atoms with Gasteiger partial charge in [-0.3, -0.25) is 4.79 Å². The molecule has 0 radical (unpaired) electrons. The molecule has 0 heterocycles. The van der Waals surface area contributed by atoms with E-state index in [0.29, 0.717) is 24.9 Å². The van der Waals surface area contributed by atoms with Crippen LogP contribution in [0.1, 0.15) is 59.3 Å². The number of hydrogen-bond acceptors (Lipinski definition) is 2. The van der Waals surface area contributed by atoms with E-state index in [2.05, 4.69) is 17.6 Å². The smallest absolute Gasteiger partial charge is 0.315 e. The average molecular weight is 284 g/mol. The van der Waals surface area contributed by atoms with Crippen LogP contribution in [0.4, 0.5) is 4.79 Å². The Kier molecular flexibility index (Phi) is 6.30. The fraction of sp³-hybridized carbons (Fsp3) is 0.867. The first-order chi connectivity index (χ1) is 9.30.